The van der Waals surface area contributed by atoms with Crippen molar-refractivity contribution >= 4 is 33.2 Å². The Hall–Kier alpha value is -3.01. The smallest absolute Gasteiger partial charge is 0.326 e. The van der Waals surface area contributed by atoms with Gasteiger partial charge in [0.05, 0.1) is 17.1 Å². The van der Waals surface area contributed by atoms with Gasteiger partial charge < -0.3 is 14.8 Å². The molecule has 0 radical (unpaired) electrons. The molecule has 0 saturated carbocycles. The van der Waals surface area contributed by atoms with Crippen LogP contribution in [0.5, 0.6) is 11.5 Å². The Balaban J connectivity index is 1.58. The van der Waals surface area contributed by atoms with E-state index < -0.39 is 28.0 Å². The van der Waals surface area contributed by atoms with Crippen molar-refractivity contribution in [1.29, 1.82) is 0 Å². The topological polar surface area (TPSA) is 88.2 Å². The molecule has 0 fully saturated rings. The third kappa shape index (κ3) is 2.72. The van der Waals surface area contributed by atoms with Gasteiger partial charge in [-0.05, 0) is 18.2 Å². The van der Waals surface area contributed by atoms with Crippen molar-refractivity contribution in [3.05, 3.63) is 42.2 Å². The van der Waals surface area contributed by atoms with Crippen LogP contribution in [0, 0.1) is 5.82 Å². The molecule has 2 aliphatic heterocycles. The molecule has 2 aliphatic rings. The first kappa shape index (κ1) is 17.4. The van der Waals surface area contributed by atoms with Gasteiger partial charge in [0.2, 0.25) is 6.10 Å². The largest absolute Gasteiger partial charge is 0.485 e. The molecule has 1 atom stereocenters. The van der Waals surface area contributed by atoms with Gasteiger partial charge in [-0.1, -0.05) is 12.1 Å². The summed E-state index contributed by atoms with van der Waals surface area (Å²) in [5, 5.41) is 2.44. The molecule has 0 aromatic heterocycles. The summed E-state index contributed by atoms with van der Waals surface area (Å²) in [5.74, 6) is -0.400. The molecule has 1 amide bonds. The first-order valence-electron chi connectivity index (χ1n) is 8.04. The van der Waals surface area contributed by atoms with Gasteiger partial charge in [0.15, 0.2) is 11.5 Å². The molecule has 2 aromatic rings. The van der Waals surface area contributed by atoms with Gasteiger partial charge in [0, 0.05) is 20.2 Å². The molecule has 142 valence electrons. The molecule has 10 heteroatoms. The van der Waals surface area contributed by atoms with E-state index in [1.807, 2.05) is 0 Å². The Morgan fingerprint density at radius 2 is 1.78 bits per heavy atom. The summed E-state index contributed by atoms with van der Waals surface area (Å²) < 4.78 is 51.8. The number of carbonyl (C=O) groups excluding carboxylic acids is 1. The zero-order chi connectivity index (χ0) is 19.3. The number of carbonyl (C=O) groups is 1. The Labute approximate surface area is 155 Å². The van der Waals surface area contributed by atoms with E-state index in [0.29, 0.717) is 11.5 Å². The highest BCUT2D eigenvalue weighted by Crippen LogP contribution is 2.41. The molecule has 0 unspecified atom stereocenters. The quantitative estimate of drug-likeness (QED) is 0.840. The third-order valence-corrected chi connectivity index (χ3v) is 6.27. The van der Waals surface area contributed by atoms with Crippen LogP contribution in [-0.2, 0) is 15.0 Å². The number of ether oxygens (including phenoxy) is 2. The van der Waals surface area contributed by atoms with E-state index in [4.69, 9.17) is 9.47 Å². The van der Waals surface area contributed by atoms with Crippen molar-refractivity contribution in [3.8, 4) is 11.5 Å². The van der Waals surface area contributed by atoms with Crippen LogP contribution in [0.3, 0.4) is 0 Å². The van der Waals surface area contributed by atoms with Crippen molar-refractivity contribution in [2.75, 3.05) is 34.6 Å². The molecule has 0 saturated heterocycles. The highest BCUT2D eigenvalue weighted by atomic mass is 32.2. The zero-order valence-corrected chi connectivity index (χ0v) is 15.3. The van der Waals surface area contributed by atoms with Crippen molar-refractivity contribution in [2.45, 2.75) is 6.10 Å². The normalized spacial score (nSPS) is 19.6. The van der Waals surface area contributed by atoms with Crippen molar-refractivity contribution < 1.29 is 27.1 Å². The number of halogens is 1. The summed E-state index contributed by atoms with van der Waals surface area (Å²) in [7, 11) is -1.05. The Morgan fingerprint density at radius 1 is 1.15 bits per heavy atom. The summed E-state index contributed by atoms with van der Waals surface area (Å²) >= 11 is 0. The number of hydrogen-bond donors (Lipinski definition) is 1. The van der Waals surface area contributed by atoms with E-state index in [1.54, 1.807) is 24.3 Å². The number of amides is 1. The number of hydrogen-bond acceptors (Lipinski definition) is 5. The molecule has 27 heavy (non-hydrogen) atoms. The fourth-order valence-electron chi connectivity index (χ4n) is 2.95. The second-order valence-corrected chi connectivity index (χ2v) is 8.11. The summed E-state index contributed by atoms with van der Waals surface area (Å²) in [5.41, 5.74) is 0.318. The molecular weight excluding hydrogens is 377 g/mol. The third-order valence-electron chi connectivity index (χ3n) is 4.49. The molecule has 1 N–H and O–H groups in total. The van der Waals surface area contributed by atoms with Crippen molar-refractivity contribution in [2.24, 2.45) is 0 Å². The number of para-hydroxylation sites is 2. The van der Waals surface area contributed by atoms with Crippen LogP contribution in [0.25, 0.3) is 0 Å². The van der Waals surface area contributed by atoms with Gasteiger partial charge >= 0.3 is 10.2 Å². The highest BCUT2D eigenvalue weighted by Gasteiger charge is 2.37. The number of fused-ring (bicyclic) bond motifs is 2. The van der Waals surface area contributed by atoms with E-state index in [-0.39, 0.29) is 23.7 Å². The van der Waals surface area contributed by atoms with E-state index in [0.717, 1.165) is 14.7 Å². The molecule has 2 aromatic carbocycles. The van der Waals surface area contributed by atoms with Crippen LogP contribution in [0.15, 0.2) is 36.4 Å². The van der Waals surface area contributed by atoms with Gasteiger partial charge in [-0.2, -0.15) is 8.42 Å². The lowest BCUT2D eigenvalue weighted by Gasteiger charge is -2.25. The predicted molar refractivity (Wildman–Crippen MR) is 97.1 cm³/mol. The fourth-order valence-corrected chi connectivity index (χ4v) is 4.10. The van der Waals surface area contributed by atoms with Gasteiger partial charge in [-0.25, -0.2) is 4.39 Å². The number of nitrogens with zero attached hydrogens (tertiary/aromatic N) is 2. The number of nitrogens with one attached hydrogen (secondary N) is 1. The fraction of sp³-hybridized carbons (Fsp3) is 0.235. The Morgan fingerprint density at radius 3 is 2.48 bits per heavy atom. The van der Waals surface area contributed by atoms with E-state index >= 15 is 0 Å². The number of benzene rings is 2. The maximum Gasteiger partial charge on any atom is 0.326 e. The summed E-state index contributed by atoms with van der Waals surface area (Å²) in [6, 6.07) is 9.26. The molecule has 0 bridgehead atoms. The Bertz CT molecular complexity index is 1040. The van der Waals surface area contributed by atoms with Crippen molar-refractivity contribution in [1.82, 2.24) is 0 Å². The van der Waals surface area contributed by atoms with Gasteiger partial charge in [0.25, 0.3) is 5.91 Å². The number of rotatable bonds is 2. The summed E-state index contributed by atoms with van der Waals surface area (Å²) in [6.07, 6.45) is -0.961. The summed E-state index contributed by atoms with van der Waals surface area (Å²) in [6.45, 7) is -0.0214. The lowest BCUT2D eigenvalue weighted by atomic mass is 10.2. The van der Waals surface area contributed by atoms with Gasteiger partial charge in [0.1, 0.15) is 12.4 Å². The van der Waals surface area contributed by atoms with Crippen LogP contribution in [-0.4, -0.2) is 41.1 Å². The minimum Gasteiger partial charge on any atom is -0.485 e. The summed E-state index contributed by atoms with van der Waals surface area (Å²) in [4.78, 5) is 12.5. The van der Waals surface area contributed by atoms with E-state index in [9.17, 15) is 17.6 Å². The van der Waals surface area contributed by atoms with Gasteiger partial charge in [-0.3, -0.25) is 13.4 Å². The second kappa shape index (κ2) is 6.02. The maximum absolute atomic E-state index is 14.4. The van der Waals surface area contributed by atoms with Crippen molar-refractivity contribution in [3.63, 3.8) is 0 Å². The molecular formula is C17H16FN3O5S. The average Bonchev–Trinajstić information content (AvgIpc) is 2.82. The molecule has 0 spiro atoms. The lowest BCUT2D eigenvalue weighted by Crippen LogP contribution is -2.40. The van der Waals surface area contributed by atoms with Crippen LogP contribution < -0.4 is 23.4 Å². The standard InChI is InChI=1S/C17H16FN3O5S/c1-20-12-7-10(18)11(8-13(12)21(2)27(20,23)24)19-17(22)16-9-25-14-5-3-4-6-15(14)26-16/h3-8,16H,9H2,1-2H3,(H,19,22)/t16-/m0/s1. The second-order valence-electron chi connectivity index (χ2n) is 6.12. The first-order valence-corrected chi connectivity index (χ1v) is 9.44. The SMILES string of the molecule is CN1c2cc(F)c(NC(=O)[C@@H]3COc4ccccc4O3)cc2N(C)S1(=O)=O. The lowest BCUT2D eigenvalue weighted by molar-refractivity contribution is -0.125. The maximum atomic E-state index is 14.4. The van der Waals surface area contributed by atoms with Crippen LogP contribution >= 0.6 is 0 Å². The molecule has 8 nitrogen and oxygen atoms in total. The van der Waals surface area contributed by atoms with E-state index in [2.05, 4.69) is 5.32 Å². The average molecular weight is 393 g/mol. The molecule has 4 rings (SSSR count). The monoisotopic (exact) mass is 393 g/mol. The van der Waals surface area contributed by atoms with Crippen LogP contribution in [0.1, 0.15) is 0 Å². The van der Waals surface area contributed by atoms with Crippen LogP contribution in [0.4, 0.5) is 21.5 Å². The zero-order valence-electron chi connectivity index (χ0n) is 14.5. The minimum atomic E-state index is -3.74. The number of anilines is 3. The highest BCUT2D eigenvalue weighted by molar-refractivity contribution is 7.94. The molecule has 0 aliphatic carbocycles. The minimum absolute atomic E-state index is 0.0214. The Kier molecular flexibility index (Phi) is 3.88. The predicted octanol–water partition coefficient (Wildman–Crippen LogP) is 1.73. The molecule has 2 heterocycles. The van der Waals surface area contributed by atoms with E-state index in [1.165, 1.54) is 20.2 Å². The first-order chi connectivity index (χ1) is 12.8. The van der Waals surface area contributed by atoms with Crippen LogP contribution in [0.2, 0.25) is 0 Å². The van der Waals surface area contributed by atoms with Gasteiger partial charge in [-0.15, -0.1) is 0 Å².